The second kappa shape index (κ2) is 10.4. The van der Waals surface area contributed by atoms with E-state index in [0.717, 1.165) is 22.1 Å². The summed E-state index contributed by atoms with van der Waals surface area (Å²) in [4.78, 5) is 25.7. The minimum absolute atomic E-state index is 0.190. The van der Waals surface area contributed by atoms with Crippen LogP contribution in [0.4, 0.5) is 5.69 Å². The third-order valence-corrected chi connectivity index (χ3v) is 6.06. The Hall–Kier alpha value is -4.55. The third kappa shape index (κ3) is 5.09. The fourth-order valence-corrected chi connectivity index (χ4v) is 4.35. The molecular weight excluding hydrogens is 468 g/mol. The Labute approximate surface area is 213 Å². The van der Waals surface area contributed by atoms with E-state index in [1.54, 1.807) is 18.2 Å². The molecule has 0 aliphatic carbocycles. The minimum Gasteiger partial charge on any atom is -0.422 e. The van der Waals surface area contributed by atoms with Crippen LogP contribution >= 0.6 is 12.2 Å². The first kappa shape index (κ1) is 23.2. The molecule has 5 nitrogen and oxygen atoms in total. The fraction of sp³-hybridized carbons (Fsp3) is 0.0333. The average Bonchev–Trinajstić information content (AvgIpc) is 2.90. The zero-order valence-corrected chi connectivity index (χ0v) is 20.0. The molecule has 0 spiro atoms. The van der Waals surface area contributed by atoms with Crippen molar-refractivity contribution in [3.05, 3.63) is 137 Å². The van der Waals surface area contributed by atoms with Crippen LogP contribution in [0.5, 0.6) is 0 Å². The highest BCUT2D eigenvalue weighted by atomic mass is 32.1. The lowest BCUT2D eigenvalue weighted by Crippen LogP contribution is -2.37. The Morgan fingerprint density at radius 3 is 1.97 bits per heavy atom. The second-order valence-electron chi connectivity index (χ2n) is 8.26. The van der Waals surface area contributed by atoms with Gasteiger partial charge in [-0.3, -0.25) is 4.79 Å². The van der Waals surface area contributed by atoms with Gasteiger partial charge in [-0.25, -0.2) is 4.79 Å². The molecule has 36 heavy (non-hydrogen) atoms. The van der Waals surface area contributed by atoms with Gasteiger partial charge in [-0.1, -0.05) is 91.0 Å². The summed E-state index contributed by atoms with van der Waals surface area (Å²) < 4.78 is 5.44. The van der Waals surface area contributed by atoms with Gasteiger partial charge in [0.15, 0.2) is 5.11 Å². The summed E-state index contributed by atoms with van der Waals surface area (Å²) >= 11 is 5.42. The van der Waals surface area contributed by atoms with Crippen molar-refractivity contribution < 1.29 is 9.21 Å². The van der Waals surface area contributed by atoms with Gasteiger partial charge in [0.2, 0.25) is 5.91 Å². The van der Waals surface area contributed by atoms with E-state index in [-0.39, 0.29) is 11.0 Å². The monoisotopic (exact) mass is 490 g/mol. The van der Waals surface area contributed by atoms with Gasteiger partial charge in [0.05, 0.1) is 11.5 Å². The molecule has 1 aromatic heterocycles. The van der Waals surface area contributed by atoms with Gasteiger partial charge in [-0.15, -0.1) is 0 Å². The molecule has 176 valence electrons. The predicted octanol–water partition coefficient (Wildman–Crippen LogP) is 6.11. The number of para-hydroxylation sites is 1. The van der Waals surface area contributed by atoms with Crippen LogP contribution in [0.1, 0.15) is 17.0 Å². The summed E-state index contributed by atoms with van der Waals surface area (Å²) in [5.74, 6) is -0.725. The molecule has 0 unspecified atom stereocenters. The standard InChI is InChI=1S/C30H22N2O3S/c33-28(27(21-9-3-1-4-10-21)22-11-5-2-6-12-22)32-30(36)31-24-17-15-20(16-18-24)25-19-23-13-7-8-14-26(23)35-29(25)34/h1-19,27H,(H2,31,32,33,36). The van der Waals surface area contributed by atoms with Crippen molar-refractivity contribution in [1.29, 1.82) is 0 Å². The van der Waals surface area contributed by atoms with Gasteiger partial charge < -0.3 is 15.1 Å². The maximum atomic E-state index is 13.2. The van der Waals surface area contributed by atoms with Crippen LogP contribution in [0.2, 0.25) is 0 Å². The SMILES string of the molecule is O=C(NC(=S)Nc1ccc(-c2cc3ccccc3oc2=O)cc1)C(c1ccccc1)c1ccccc1. The summed E-state index contributed by atoms with van der Waals surface area (Å²) in [7, 11) is 0. The summed E-state index contributed by atoms with van der Waals surface area (Å²) in [5, 5.41) is 6.91. The summed E-state index contributed by atoms with van der Waals surface area (Å²) in [6, 6.07) is 35.6. The lowest BCUT2D eigenvalue weighted by molar-refractivity contribution is -0.120. The van der Waals surface area contributed by atoms with Crippen LogP contribution in [0.25, 0.3) is 22.1 Å². The number of hydrogen-bond donors (Lipinski definition) is 2. The Bertz CT molecular complexity index is 1540. The molecule has 0 bridgehead atoms. The zero-order chi connectivity index (χ0) is 24.9. The van der Waals surface area contributed by atoms with Crippen LogP contribution in [-0.2, 0) is 4.79 Å². The molecule has 0 saturated heterocycles. The zero-order valence-electron chi connectivity index (χ0n) is 19.2. The molecule has 6 heteroatoms. The Kier molecular flexibility index (Phi) is 6.69. The van der Waals surface area contributed by atoms with Crippen LogP contribution in [-0.4, -0.2) is 11.0 Å². The number of rotatable bonds is 5. The number of fused-ring (bicyclic) bond motifs is 1. The lowest BCUT2D eigenvalue weighted by Gasteiger charge is -2.18. The normalized spacial score (nSPS) is 10.8. The van der Waals surface area contributed by atoms with Crippen molar-refractivity contribution in [2.75, 3.05) is 5.32 Å². The van der Waals surface area contributed by atoms with Crippen LogP contribution < -0.4 is 16.3 Å². The van der Waals surface area contributed by atoms with Crippen LogP contribution in [0.15, 0.2) is 124 Å². The van der Waals surface area contributed by atoms with Crippen molar-refractivity contribution in [1.82, 2.24) is 5.32 Å². The molecular formula is C30H22N2O3S. The minimum atomic E-state index is -0.498. The predicted molar refractivity (Wildman–Crippen MR) is 147 cm³/mol. The Morgan fingerprint density at radius 2 is 1.33 bits per heavy atom. The van der Waals surface area contributed by atoms with E-state index < -0.39 is 11.5 Å². The topological polar surface area (TPSA) is 71.3 Å². The molecule has 1 amide bonds. The van der Waals surface area contributed by atoms with Crippen molar-refractivity contribution >= 4 is 39.9 Å². The number of nitrogens with one attached hydrogen (secondary N) is 2. The molecule has 0 aliphatic heterocycles. The van der Waals surface area contributed by atoms with E-state index in [1.165, 1.54) is 0 Å². The van der Waals surface area contributed by atoms with E-state index in [9.17, 15) is 9.59 Å². The molecule has 4 aromatic carbocycles. The van der Waals surface area contributed by atoms with E-state index in [4.69, 9.17) is 16.6 Å². The number of benzene rings is 4. The number of thiocarbonyl (C=S) groups is 1. The highest BCUT2D eigenvalue weighted by Gasteiger charge is 2.23. The van der Waals surface area contributed by atoms with Crippen LogP contribution in [0.3, 0.4) is 0 Å². The third-order valence-electron chi connectivity index (χ3n) is 5.86. The number of amides is 1. The first-order chi connectivity index (χ1) is 17.6. The Balaban J connectivity index is 1.31. The first-order valence-corrected chi connectivity index (χ1v) is 11.8. The van der Waals surface area contributed by atoms with E-state index in [1.807, 2.05) is 97.1 Å². The highest BCUT2D eigenvalue weighted by Crippen LogP contribution is 2.25. The fourth-order valence-electron chi connectivity index (χ4n) is 4.13. The Morgan fingerprint density at radius 1 is 0.750 bits per heavy atom. The molecule has 2 N–H and O–H groups in total. The van der Waals surface area contributed by atoms with Gasteiger partial charge in [0.25, 0.3) is 0 Å². The van der Waals surface area contributed by atoms with Gasteiger partial charge in [0.1, 0.15) is 5.58 Å². The average molecular weight is 491 g/mol. The molecule has 0 atom stereocenters. The molecule has 0 radical (unpaired) electrons. The van der Waals surface area contributed by atoms with Gasteiger partial charge in [0, 0.05) is 11.1 Å². The van der Waals surface area contributed by atoms with E-state index in [2.05, 4.69) is 10.6 Å². The van der Waals surface area contributed by atoms with Crippen molar-refractivity contribution in [2.45, 2.75) is 5.92 Å². The largest absolute Gasteiger partial charge is 0.422 e. The summed E-state index contributed by atoms with van der Waals surface area (Å²) in [6.45, 7) is 0. The highest BCUT2D eigenvalue weighted by molar-refractivity contribution is 7.80. The van der Waals surface area contributed by atoms with E-state index in [0.29, 0.717) is 16.8 Å². The number of anilines is 1. The first-order valence-electron chi connectivity index (χ1n) is 11.4. The summed E-state index contributed by atoms with van der Waals surface area (Å²) in [5.41, 5.74) is 3.79. The second-order valence-corrected chi connectivity index (χ2v) is 8.67. The summed E-state index contributed by atoms with van der Waals surface area (Å²) in [6.07, 6.45) is 0. The van der Waals surface area contributed by atoms with Crippen molar-refractivity contribution in [3.8, 4) is 11.1 Å². The molecule has 5 rings (SSSR count). The molecule has 1 heterocycles. The maximum Gasteiger partial charge on any atom is 0.344 e. The van der Waals surface area contributed by atoms with Crippen molar-refractivity contribution in [3.63, 3.8) is 0 Å². The van der Waals surface area contributed by atoms with Gasteiger partial charge >= 0.3 is 5.63 Å². The van der Waals surface area contributed by atoms with Gasteiger partial charge in [-0.2, -0.15) is 0 Å². The number of carbonyl (C=O) groups is 1. The van der Waals surface area contributed by atoms with E-state index >= 15 is 0 Å². The molecule has 0 fully saturated rings. The molecule has 5 aromatic rings. The smallest absolute Gasteiger partial charge is 0.344 e. The number of hydrogen-bond acceptors (Lipinski definition) is 4. The maximum absolute atomic E-state index is 13.2. The van der Waals surface area contributed by atoms with Crippen LogP contribution in [0, 0.1) is 0 Å². The quantitative estimate of drug-likeness (QED) is 0.230. The number of carbonyl (C=O) groups excluding carboxylic acids is 1. The van der Waals surface area contributed by atoms with Crippen molar-refractivity contribution in [2.24, 2.45) is 0 Å². The van der Waals surface area contributed by atoms with Gasteiger partial charge in [-0.05, 0) is 53.2 Å². The molecule has 0 aliphatic rings. The lowest BCUT2D eigenvalue weighted by atomic mass is 9.90. The molecule has 0 saturated carbocycles.